The first-order valence-electron chi connectivity index (χ1n) is 13.4. The van der Waals surface area contributed by atoms with E-state index in [1.165, 1.54) is 12.8 Å². The lowest BCUT2D eigenvalue weighted by Gasteiger charge is -2.48. The van der Waals surface area contributed by atoms with Crippen molar-refractivity contribution < 1.29 is 14.2 Å². The van der Waals surface area contributed by atoms with E-state index in [4.69, 9.17) is 14.2 Å². The summed E-state index contributed by atoms with van der Waals surface area (Å²) in [7, 11) is 0. The smallest absolute Gasteiger partial charge is 0.0686 e. The second-order valence-electron chi connectivity index (χ2n) is 12.1. The molecule has 3 heteroatoms. The van der Waals surface area contributed by atoms with Crippen molar-refractivity contribution in [3.8, 4) is 0 Å². The van der Waals surface area contributed by atoms with Crippen molar-refractivity contribution in [1.29, 1.82) is 0 Å². The van der Waals surface area contributed by atoms with E-state index >= 15 is 0 Å². The molecule has 0 radical (unpaired) electrons. The van der Waals surface area contributed by atoms with Crippen LogP contribution in [0.15, 0.2) is 0 Å². The first kappa shape index (κ1) is 25.5. The van der Waals surface area contributed by atoms with Gasteiger partial charge in [-0.3, -0.25) is 0 Å². The molecule has 3 rings (SSSR count). The fourth-order valence-corrected chi connectivity index (χ4v) is 7.22. The van der Waals surface area contributed by atoms with Gasteiger partial charge in [0.25, 0.3) is 0 Å². The first-order valence-corrected chi connectivity index (χ1v) is 13.4. The second-order valence-corrected chi connectivity index (χ2v) is 12.1. The molecule has 0 aliphatic carbocycles. The Morgan fingerprint density at radius 2 is 1.35 bits per heavy atom. The number of hydrogen-bond donors (Lipinski definition) is 0. The van der Waals surface area contributed by atoms with Crippen molar-refractivity contribution in [1.82, 2.24) is 0 Å². The Morgan fingerprint density at radius 1 is 0.710 bits per heavy atom. The van der Waals surface area contributed by atoms with Gasteiger partial charge in [0.15, 0.2) is 0 Å². The van der Waals surface area contributed by atoms with Gasteiger partial charge in [0.2, 0.25) is 0 Å². The monoisotopic (exact) mass is 436 g/mol. The Hall–Kier alpha value is -0.120. The van der Waals surface area contributed by atoms with Crippen LogP contribution in [0.25, 0.3) is 0 Å². The molecule has 0 aromatic rings. The summed E-state index contributed by atoms with van der Waals surface area (Å²) in [6.07, 6.45) is 6.12. The van der Waals surface area contributed by atoms with Crippen LogP contribution in [-0.2, 0) is 14.2 Å². The largest absolute Gasteiger partial charge is 0.375 e. The molecule has 0 bridgehead atoms. The van der Waals surface area contributed by atoms with E-state index in [9.17, 15) is 0 Å². The van der Waals surface area contributed by atoms with Gasteiger partial charge < -0.3 is 14.2 Å². The van der Waals surface area contributed by atoms with Crippen LogP contribution in [0.2, 0.25) is 0 Å². The van der Waals surface area contributed by atoms with Crippen molar-refractivity contribution >= 4 is 0 Å². The lowest BCUT2D eigenvalue weighted by Crippen LogP contribution is -2.49. The van der Waals surface area contributed by atoms with E-state index in [1.54, 1.807) is 0 Å². The molecule has 0 N–H and O–H groups in total. The molecule has 3 aliphatic heterocycles. The quantitative estimate of drug-likeness (QED) is 0.449. The highest BCUT2D eigenvalue weighted by molar-refractivity contribution is 4.97. The lowest BCUT2D eigenvalue weighted by molar-refractivity contribution is -0.160. The van der Waals surface area contributed by atoms with Crippen LogP contribution in [0.4, 0.5) is 0 Å². The predicted octanol–water partition coefficient (Wildman–Crippen LogP) is 6.98. The maximum Gasteiger partial charge on any atom is 0.0686 e. The Labute approximate surface area is 193 Å². The molecule has 182 valence electrons. The van der Waals surface area contributed by atoms with Crippen molar-refractivity contribution in [2.24, 2.45) is 47.3 Å². The van der Waals surface area contributed by atoms with Crippen molar-refractivity contribution in [2.45, 2.75) is 125 Å². The number of rotatable bonds is 6. The van der Waals surface area contributed by atoms with Crippen molar-refractivity contribution in [3.05, 3.63) is 0 Å². The number of hydrogen-bond acceptors (Lipinski definition) is 3. The van der Waals surface area contributed by atoms with Gasteiger partial charge in [-0.15, -0.1) is 0 Å². The highest BCUT2D eigenvalue weighted by atomic mass is 16.5. The van der Waals surface area contributed by atoms with E-state index in [-0.39, 0.29) is 5.60 Å². The minimum absolute atomic E-state index is 0.0129. The van der Waals surface area contributed by atoms with E-state index in [0.29, 0.717) is 71.8 Å². The molecule has 13 unspecified atom stereocenters. The molecule has 3 nitrogen and oxygen atoms in total. The van der Waals surface area contributed by atoms with Gasteiger partial charge in [0, 0.05) is 0 Å². The summed E-state index contributed by atoms with van der Waals surface area (Å²) in [6, 6.07) is 0. The van der Waals surface area contributed by atoms with Gasteiger partial charge in [-0.2, -0.15) is 0 Å². The minimum atomic E-state index is 0.0129. The SMILES string of the molecule is CCC1OC(C)C(CCC2OC(C)C(C)C(CC3(C)OCC(C)C3C)C2C)C(C)C1C. The van der Waals surface area contributed by atoms with E-state index in [2.05, 4.69) is 69.2 Å². The molecule has 13 atom stereocenters. The van der Waals surface area contributed by atoms with E-state index in [1.807, 2.05) is 0 Å². The Balaban J connectivity index is 1.65. The van der Waals surface area contributed by atoms with Crippen molar-refractivity contribution in [3.63, 3.8) is 0 Å². The van der Waals surface area contributed by atoms with Crippen LogP contribution >= 0.6 is 0 Å². The van der Waals surface area contributed by atoms with Crippen LogP contribution in [0.1, 0.15) is 94.9 Å². The summed E-state index contributed by atoms with van der Waals surface area (Å²) in [5.74, 6) is 5.09. The van der Waals surface area contributed by atoms with Crippen LogP contribution < -0.4 is 0 Å². The van der Waals surface area contributed by atoms with E-state index in [0.717, 1.165) is 19.4 Å². The first-order chi connectivity index (χ1) is 14.5. The predicted molar refractivity (Wildman–Crippen MR) is 129 cm³/mol. The lowest BCUT2D eigenvalue weighted by atomic mass is 9.67. The normalized spacial score (nSPS) is 53.6. The molecule has 0 saturated carbocycles. The molecular formula is C28H52O3. The number of ether oxygens (including phenoxy) is 3. The Morgan fingerprint density at radius 3 is 1.94 bits per heavy atom. The summed E-state index contributed by atoms with van der Waals surface area (Å²) >= 11 is 0. The average Bonchev–Trinajstić information content (AvgIpc) is 2.99. The zero-order valence-corrected chi connectivity index (χ0v) is 22.2. The Bertz CT molecular complexity index is 579. The zero-order chi connectivity index (χ0) is 23.1. The van der Waals surface area contributed by atoms with Gasteiger partial charge in [-0.25, -0.2) is 0 Å². The maximum absolute atomic E-state index is 6.64. The van der Waals surface area contributed by atoms with Crippen LogP contribution in [0.3, 0.4) is 0 Å². The third-order valence-corrected chi connectivity index (χ3v) is 10.5. The van der Waals surface area contributed by atoms with Gasteiger partial charge in [0.1, 0.15) is 0 Å². The molecule has 31 heavy (non-hydrogen) atoms. The molecule has 3 saturated heterocycles. The second kappa shape index (κ2) is 10.0. The Kier molecular flexibility index (Phi) is 8.24. The molecule has 3 fully saturated rings. The molecule has 3 aliphatic rings. The highest BCUT2D eigenvalue weighted by Crippen LogP contribution is 2.48. The maximum atomic E-state index is 6.64. The van der Waals surface area contributed by atoms with Crippen LogP contribution in [0.5, 0.6) is 0 Å². The molecule has 0 aromatic heterocycles. The van der Waals surface area contributed by atoms with Crippen LogP contribution in [0, 0.1) is 47.3 Å². The topological polar surface area (TPSA) is 27.7 Å². The molecular weight excluding hydrogens is 384 g/mol. The summed E-state index contributed by atoms with van der Waals surface area (Å²) < 4.78 is 19.5. The minimum Gasteiger partial charge on any atom is -0.375 e. The average molecular weight is 437 g/mol. The fraction of sp³-hybridized carbons (Fsp3) is 1.00. The van der Waals surface area contributed by atoms with Crippen LogP contribution in [-0.4, -0.2) is 36.6 Å². The van der Waals surface area contributed by atoms with Gasteiger partial charge in [-0.05, 0) is 93.8 Å². The fourth-order valence-electron chi connectivity index (χ4n) is 7.22. The van der Waals surface area contributed by atoms with Crippen molar-refractivity contribution in [2.75, 3.05) is 6.61 Å². The summed E-state index contributed by atoms with van der Waals surface area (Å²) in [4.78, 5) is 0. The highest BCUT2D eigenvalue weighted by Gasteiger charge is 2.48. The third-order valence-electron chi connectivity index (χ3n) is 10.5. The molecule has 0 aromatic carbocycles. The summed E-state index contributed by atoms with van der Waals surface area (Å²) in [5.41, 5.74) is 0.0129. The van der Waals surface area contributed by atoms with E-state index < -0.39 is 0 Å². The molecule has 0 amide bonds. The van der Waals surface area contributed by atoms with Gasteiger partial charge in [0.05, 0.1) is 36.6 Å². The van der Waals surface area contributed by atoms with Gasteiger partial charge in [-0.1, -0.05) is 48.5 Å². The molecule has 0 spiro atoms. The van der Waals surface area contributed by atoms with Gasteiger partial charge >= 0.3 is 0 Å². The third kappa shape index (κ3) is 5.04. The standard InChI is InChI=1S/C28H52O3/c1-11-26-18(4)17(3)24(23(9)31-26)12-13-27-20(6)25(19(5)22(8)30-27)14-28(10)21(7)16(2)15-29-28/h16-27H,11-15H2,1-10H3. The molecule has 3 heterocycles. The summed E-state index contributed by atoms with van der Waals surface area (Å²) in [5, 5.41) is 0. The zero-order valence-electron chi connectivity index (χ0n) is 22.2. The summed E-state index contributed by atoms with van der Waals surface area (Å²) in [6.45, 7) is 24.6.